The fraction of sp³-hybridized carbons (Fsp3) is 0.750. The number of carbonyl (C=O) groups is 2. The first-order valence-electron chi connectivity index (χ1n) is 8.08. The molecule has 0 aromatic rings. The molecule has 0 unspecified atom stereocenters. The molecule has 1 saturated carbocycles. The fourth-order valence-corrected chi connectivity index (χ4v) is 3.77. The first-order valence-corrected chi connectivity index (χ1v) is 11.1. The molecule has 0 radical (unpaired) electrons. The minimum absolute atomic E-state index is 0.0193. The first-order chi connectivity index (χ1) is 9.68. The molecule has 4 heteroatoms. The molecule has 0 N–H and O–H groups in total. The van der Waals surface area contributed by atoms with E-state index in [1.54, 1.807) is 0 Å². The summed E-state index contributed by atoms with van der Waals surface area (Å²) >= 11 is 0. The molecule has 2 atom stereocenters. The van der Waals surface area contributed by atoms with Gasteiger partial charge in [0.05, 0.1) is 22.0 Å². The number of hydrogen-bond donors (Lipinski definition) is 0. The molecule has 1 aliphatic rings. The number of hydrogen-bond acceptors (Lipinski definition) is 3. The number of ketones is 1. The lowest BCUT2D eigenvalue weighted by Gasteiger charge is -2.30. The molecule has 1 fully saturated rings. The lowest BCUT2D eigenvalue weighted by molar-refractivity contribution is -0.149. The lowest BCUT2D eigenvalue weighted by Crippen LogP contribution is -2.33. The summed E-state index contributed by atoms with van der Waals surface area (Å²) in [5.41, 5.74) is 1.47. The summed E-state index contributed by atoms with van der Waals surface area (Å²) in [6, 6.07) is 0. The van der Waals surface area contributed by atoms with Crippen molar-refractivity contribution in [3.8, 4) is 0 Å². The topological polar surface area (TPSA) is 43.4 Å². The normalized spacial score (nSPS) is 27.1. The molecule has 0 aromatic carbocycles. The number of carbonyl (C=O) groups excluding carboxylic acids is 2. The van der Waals surface area contributed by atoms with Crippen molar-refractivity contribution < 1.29 is 15.7 Å². The van der Waals surface area contributed by atoms with Crippen LogP contribution in [0.4, 0.5) is 0 Å². The Hall–Kier alpha value is -0.903. The molecule has 0 spiro atoms. The molecule has 3 nitrogen and oxygen atoms in total. The predicted molar refractivity (Wildman–Crippen MR) is 84.2 cm³/mol. The summed E-state index contributed by atoms with van der Waals surface area (Å²) in [5.74, 6) is -0.764. The molecular weight excluding hydrogens is 268 g/mol. The molecule has 20 heavy (non-hydrogen) atoms. The van der Waals surface area contributed by atoms with Crippen LogP contribution in [-0.4, -0.2) is 26.4 Å². The van der Waals surface area contributed by atoms with Crippen molar-refractivity contribution >= 4 is 19.8 Å². The van der Waals surface area contributed by atoms with Gasteiger partial charge < -0.3 is 4.74 Å². The highest BCUT2D eigenvalue weighted by atomic mass is 28.3. The van der Waals surface area contributed by atoms with E-state index < -0.39 is 14.0 Å². The van der Waals surface area contributed by atoms with Crippen molar-refractivity contribution in [1.82, 2.24) is 0 Å². The Balaban J connectivity index is 3.05. The number of Topliss-reactive ketones (excluding diaryl/α,β-unsaturated/α-hetero) is 1. The van der Waals surface area contributed by atoms with Gasteiger partial charge in [0.2, 0.25) is 0 Å². The van der Waals surface area contributed by atoms with Gasteiger partial charge in [-0.2, -0.15) is 0 Å². The Labute approximate surface area is 125 Å². The van der Waals surface area contributed by atoms with Crippen molar-refractivity contribution in [3.63, 3.8) is 0 Å². The van der Waals surface area contributed by atoms with Gasteiger partial charge in [-0.25, -0.2) is 0 Å². The second-order valence-electron chi connectivity index (χ2n) is 6.75. The van der Waals surface area contributed by atoms with Crippen molar-refractivity contribution in [2.45, 2.75) is 59.2 Å². The molecule has 1 rings (SSSR count). The van der Waals surface area contributed by atoms with E-state index >= 15 is 0 Å². The van der Waals surface area contributed by atoms with Crippen LogP contribution in [0.3, 0.4) is 0 Å². The molecule has 0 aromatic heterocycles. The third-order valence-electron chi connectivity index (χ3n) is 3.42. The summed E-state index contributed by atoms with van der Waals surface area (Å²) in [7, 11) is -1.81. The van der Waals surface area contributed by atoms with Crippen LogP contribution in [0.25, 0.3) is 0 Å². The van der Waals surface area contributed by atoms with Crippen molar-refractivity contribution in [2.75, 3.05) is 6.61 Å². The van der Waals surface area contributed by atoms with E-state index in [9.17, 15) is 9.59 Å². The van der Waals surface area contributed by atoms with Gasteiger partial charge in [-0.15, -0.1) is 0 Å². The number of ether oxygens (including phenoxy) is 1. The minimum Gasteiger partial charge on any atom is -0.465 e. The van der Waals surface area contributed by atoms with Gasteiger partial charge in [-0.1, -0.05) is 51.2 Å². The zero-order chi connectivity index (χ0) is 16.2. The molecule has 0 saturated heterocycles. The van der Waals surface area contributed by atoms with Gasteiger partial charge in [-0.3, -0.25) is 9.59 Å². The van der Waals surface area contributed by atoms with E-state index in [2.05, 4.69) is 19.6 Å². The van der Waals surface area contributed by atoms with Gasteiger partial charge >= 0.3 is 5.97 Å². The third-order valence-corrected chi connectivity index (χ3v) is 4.46. The van der Waals surface area contributed by atoms with Gasteiger partial charge in [-0.05, 0) is 12.3 Å². The zero-order valence-corrected chi connectivity index (χ0v) is 14.4. The first kappa shape index (κ1) is 15.5. The molecule has 0 heterocycles. The second kappa shape index (κ2) is 7.20. The maximum atomic E-state index is 12.3. The standard InChI is InChI=1S/C16H28O3Si/c1-6-7-8-19-16(18)14-10-13(17)9-12(2)15(14)11-20(3,4)5/h11-12,14H,6-10H2,1-5H3/b15-11+/t12-,14-/m1/s1/i11D. The van der Waals surface area contributed by atoms with Gasteiger partial charge in [0.1, 0.15) is 5.78 Å². The summed E-state index contributed by atoms with van der Waals surface area (Å²) in [6.45, 7) is 10.7. The van der Waals surface area contributed by atoms with E-state index in [1.165, 1.54) is 0 Å². The van der Waals surface area contributed by atoms with Crippen LogP contribution < -0.4 is 0 Å². The van der Waals surface area contributed by atoms with Crippen LogP contribution in [0.1, 0.15) is 40.9 Å². The SMILES string of the molecule is [2H]/C(=C1/[C@H](C)CC(=O)C[C@H]1C(=O)OCCCC)[Si](C)(C)C. The minimum atomic E-state index is -1.81. The van der Waals surface area contributed by atoms with Crippen LogP contribution in [0.15, 0.2) is 11.2 Å². The molecule has 0 aliphatic heterocycles. The molecular formula is C16H28O3Si. The highest BCUT2D eigenvalue weighted by molar-refractivity contribution is 6.81. The summed E-state index contributed by atoms with van der Waals surface area (Å²) in [5, 5.41) is 0. The number of rotatable bonds is 5. The van der Waals surface area contributed by atoms with Gasteiger partial charge in [0.15, 0.2) is 0 Å². The maximum Gasteiger partial charge on any atom is 0.313 e. The Morgan fingerprint density at radius 1 is 1.45 bits per heavy atom. The Kier molecular flexibility index (Phi) is 5.58. The Morgan fingerprint density at radius 3 is 2.65 bits per heavy atom. The van der Waals surface area contributed by atoms with Crippen molar-refractivity contribution in [2.24, 2.45) is 11.8 Å². The average molecular weight is 297 g/mol. The van der Waals surface area contributed by atoms with Crippen LogP contribution in [0.2, 0.25) is 19.6 Å². The Bertz CT molecular complexity index is 437. The second-order valence-corrected chi connectivity index (χ2v) is 11.5. The smallest absolute Gasteiger partial charge is 0.313 e. The number of esters is 1. The molecule has 0 amide bonds. The largest absolute Gasteiger partial charge is 0.465 e. The molecule has 114 valence electrons. The van der Waals surface area contributed by atoms with E-state index in [1.807, 2.05) is 13.8 Å². The van der Waals surface area contributed by atoms with Crippen molar-refractivity contribution in [1.29, 1.82) is 0 Å². The third kappa shape index (κ3) is 5.23. The summed E-state index contributed by atoms with van der Waals surface area (Å²) in [4.78, 5) is 24.2. The monoisotopic (exact) mass is 297 g/mol. The predicted octanol–water partition coefficient (Wildman–Crippen LogP) is 3.75. The van der Waals surface area contributed by atoms with Gasteiger partial charge in [0, 0.05) is 12.8 Å². The molecule has 0 bridgehead atoms. The van der Waals surface area contributed by atoms with E-state index in [0.717, 1.165) is 18.4 Å². The lowest BCUT2D eigenvalue weighted by atomic mass is 9.78. The highest BCUT2D eigenvalue weighted by Crippen LogP contribution is 2.34. The van der Waals surface area contributed by atoms with Crippen LogP contribution in [0.5, 0.6) is 0 Å². The maximum absolute atomic E-state index is 12.3. The summed E-state index contributed by atoms with van der Waals surface area (Å²) < 4.78 is 13.8. The average Bonchev–Trinajstić information content (AvgIpc) is 2.36. The quantitative estimate of drug-likeness (QED) is 0.441. The van der Waals surface area contributed by atoms with Crippen molar-refractivity contribution in [3.05, 3.63) is 11.2 Å². The van der Waals surface area contributed by atoms with Crippen LogP contribution >= 0.6 is 0 Å². The number of unbranched alkanes of at least 4 members (excludes halogenated alkanes) is 1. The highest BCUT2D eigenvalue weighted by Gasteiger charge is 2.36. The van der Waals surface area contributed by atoms with E-state index in [0.29, 0.717) is 18.7 Å². The fourth-order valence-electron chi connectivity index (χ4n) is 2.49. The van der Waals surface area contributed by atoms with Crippen LogP contribution in [-0.2, 0) is 14.3 Å². The Morgan fingerprint density at radius 2 is 2.10 bits per heavy atom. The molecule has 1 aliphatic carbocycles. The zero-order valence-electron chi connectivity index (χ0n) is 14.4. The van der Waals surface area contributed by atoms with Crippen LogP contribution in [0, 0.1) is 11.8 Å². The van der Waals surface area contributed by atoms with Gasteiger partial charge in [0.25, 0.3) is 0 Å². The van der Waals surface area contributed by atoms with E-state index in [-0.39, 0.29) is 24.1 Å². The van der Waals surface area contributed by atoms with E-state index in [4.69, 9.17) is 6.11 Å². The summed E-state index contributed by atoms with van der Waals surface area (Å²) in [6.07, 6.45) is 2.45.